The summed E-state index contributed by atoms with van der Waals surface area (Å²) in [6, 6.07) is 0. The van der Waals surface area contributed by atoms with Gasteiger partial charge in [0.15, 0.2) is 0 Å². The van der Waals surface area contributed by atoms with Crippen LogP contribution in [0.2, 0.25) is 0 Å². The zero-order valence-electron chi connectivity index (χ0n) is 16.8. The SMILES string of the molecule is C1=CCN(CCCCCCCCCCCCCCN2C=CC=CC2)C=C1. The van der Waals surface area contributed by atoms with E-state index in [1.807, 2.05) is 0 Å². The highest BCUT2D eigenvalue weighted by molar-refractivity contribution is 5.08. The molecule has 0 unspecified atom stereocenters. The maximum Gasteiger partial charge on any atom is 0.0357 e. The number of nitrogens with zero attached hydrogens (tertiary/aromatic N) is 2. The van der Waals surface area contributed by atoms with Gasteiger partial charge in [-0.1, -0.05) is 88.5 Å². The third kappa shape index (κ3) is 10.5. The van der Waals surface area contributed by atoms with Gasteiger partial charge < -0.3 is 9.80 Å². The Balaban J connectivity index is 1.24. The molecule has 0 aliphatic carbocycles. The van der Waals surface area contributed by atoms with Crippen LogP contribution < -0.4 is 0 Å². The van der Waals surface area contributed by atoms with Gasteiger partial charge in [0, 0.05) is 26.2 Å². The summed E-state index contributed by atoms with van der Waals surface area (Å²) < 4.78 is 0. The smallest absolute Gasteiger partial charge is 0.0357 e. The van der Waals surface area contributed by atoms with Crippen molar-refractivity contribution in [1.82, 2.24) is 9.80 Å². The van der Waals surface area contributed by atoms with Crippen LogP contribution in [0.3, 0.4) is 0 Å². The molecule has 0 saturated carbocycles. The highest BCUT2D eigenvalue weighted by atomic mass is 15.1. The Bertz CT molecular complexity index is 405. The molecule has 2 aliphatic heterocycles. The van der Waals surface area contributed by atoms with E-state index in [2.05, 4.69) is 58.7 Å². The van der Waals surface area contributed by atoms with Gasteiger partial charge in [0.05, 0.1) is 0 Å². The Morgan fingerprint density at radius 2 is 0.769 bits per heavy atom. The quantitative estimate of drug-likeness (QED) is 0.312. The van der Waals surface area contributed by atoms with E-state index in [0.717, 1.165) is 13.1 Å². The van der Waals surface area contributed by atoms with Crippen molar-refractivity contribution in [3.63, 3.8) is 0 Å². The maximum absolute atomic E-state index is 2.42. The Morgan fingerprint density at radius 1 is 0.423 bits per heavy atom. The van der Waals surface area contributed by atoms with Gasteiger partial charge in [-0.15, -0.1) is 0 Å². The van der Waals surface area contributed by atoms with Gasteiger partial charge in [-0.05, 0) is 37.4 Å². The zero-order valence-corrected chi connectivity index (χ0v) is 16.8. The number of hydrogen-bond donors (Lipinski definition) is 0. The third-order valence-electron chi connectivity index (χ3n) is 5.41. The lowest BCUT2D eigenvalue weighted by molar-refractivity contribution is 0.390. The van der Waals surface area contributed by atoms with Crippen molar-refractivity contribution < 1.29 is 0 Å². The van der Waals surface area contributed by atoms with E-state index in [4.69, 9.17) is 0 Å². The van der Waals surface area contributed by atoms with E-state index in [0.29, 0.717) is 0 Å². The minimum absolute atomic E-state index is 1.10. The third-order valence-corrected chi connectivity index (χ3v) is 5.41. The van der Waals surface area contributed by atoms with Gasteiger partial charge in [-0.3, -0.25) is 0 Å². The van der Waals surface area contributed by atoms with Crippen molar-refractivity contribution in [2.24, 2.45) is 0 Å². The number of unbranched alkanes of at least 4 members (excludes halogenated alkanes) is 11. The molecule has 0 aromatic carbocycles. The fourth-order valence-electron chi connectivity index (χ4n) is 3.74. The standard InChI is InChI=1S/C24H40N2/c1(3-5-7-9-13-19-25-21-15-11-16-22-25)2-4-6-8-10-14-20-26-23-17-12-18-24-26/h11-12,15-18,21,23H,1-10,13-14,19-20,22,24H2. The lowest BCUT2D eigenvalue weighted by Gasteiger charge is -2.20. The molecule has 2 nitrogen and oxygen atoms in total. The van der Waals surface area contributed by atoms with Gasteiger partial charge in [0.2, 0.25) is 0 Å². The second kappa shape index (κ2) is 14.7. The Labute approximate surface area is 162 Å². The monoisotopic (exact) mass is 356 g/mol. The summed E-state index contributed by atoms with van der Waals surface area (Å²) in [5.74, 6) is 0. The molecule has 0 saturated heterocycles. The second-order valence-corrected chi connectivity index (χ2v) is 7.77. The van der Waals surface area contributed by atoms with E-state index in [1.54, 1.807) is 0 Å². The number of allylic oxidation sites excluding steroid dienone is 4. The van der Waals surface area contributed by atoms with Crippen molar-refractivity contribution in [3.05, 3.63) is 48.9 Å². The predicted octanol–water partition coefficient (Wildman–Crippen LogP) is 6.44. The molecule has 0 atom stereocenters. The zero-order chi connectivity index (χ0) is 18.1. The molecule has 0 N–H and O–H groups in total. The largest absolute Gasteiger partial charge is 0.374 e. The van der Waals surface area contributed by atoms with E-state index < -0.39 is 0 Å². The minimum atomic E-state index is 1.10. The summed E-state index contributed by atoms with van der Waals surface area (Å²) in [6.45, 7) is 4.66. The first kappa shape index (κ1) is 20.9. The Hall–Kier alpha value is -1.44. The topological polar surface area (TPSA) is 6.48 Å². The summed E-state index contributed by atoms with van der Waals surface area (Å²) in [5.41, 5.74) is 0. The van der Waals surface area contributed by atoms with Crippen LogP contribution in [-0.4, -0.2) is 36.0 Å². The van der Waals surface area contributed by atoms with E-state index >= 15 is 0 Å². The van der Waals surface area contributed by atoms with E-state index in [1.165, 1.54) is 90.1 Å². The molecule has 2 aliphatic rings. The molecule has 0 fully saturated rings. The van der Waals surface area contributed by atoms with Crippen LogP contribution in [0.4, 0.5) is 0 Å². The molecule has 2 rings (SSSR count). The van der Waals surface area contributed by atoms with Crippen molar-refractivity contribution in [3.8, 4) is 0 Å². The number of rotatable bonds is 15. The maximum atomic E-state index is 2.42. The van der Waals surface area contributed by atoms with Crippen LogP contribution >= 0.6 is 0 Å². The molecule has 146 valence electrons. The molecule has 26 heavy (non-hydrogen) atoms. The summed E-state index contributed by atoms with van der Waals surface area (Å²) >= 11 is 0. The molecule has 0 bridgehead atoms. The first-order valence-corrected chi connectivity index (χ1v) is 11.1. The van der Waals surface area contributed by atoms with Crippen LogP contribution in [0.25, 0.3) is 0 Å². The predicted molar refractivity (Wildman–Crippen MR) is 115 cm³/mol. The molecule has 0 aromatic heterocycles. The van der Waals surface area contributed by atoms with Crippen molar-refractivity contribution in [2.75, 3.05) is 26.2 Å². The molecular formula is C24H40N2. The fourth-order valence-corrected chi connectivity index (χ4v) is 3.74. The van der Waals surface area contributed by atoms with Gasteiger partial charge >= 0.3 is 0 Å². The van der Waals surface area contributed by atoms with Crippen LogP contribution in [-0.2, 0) is 0 Å². The second-order valence-electron chi connectivity index (χ2n) is 7.77. The normalized spacial score (nSPS) is 16.0. The number of hydrogen-bond acceptors (Lipinski definition) is 2. The first-order valence-electron chi connectivity index (χ1n) is 11.1. The van der Waals surface area contributed by atoms with Crippen LogP contribution in [0, 0.1) is 0 Å². The Kier molecular flexibility index (Phi) is 11.8. The summed E-state index contributed by atoms with van der Waals surface area (Å²) in [4.78, 5) is 4.83. The summed E-state index contributed by atoms with van der Waals surface area (Å²) in [5, 5.41) is 0. The molecule has 0 amide bonds. The highest BCUT2D eigenvalue weighted by Crippen LogP contribution is 2.13. The minimum Gasteiger partial charge on any atom is -0.374 e. The van der Waals surface area contributed by atoms with Crippen molar-refractivity contribution in [2.45, 2.75) is 77.0 Å². The molecule has 2 heterocycles. The molecule has 2 heteroatoms. The molecule has 0 spiro atoms. The van der Waals surface area contributed by atoms with Crippen LogP contribution in [0.5, 0.6) is 0 Å². The summed E-state index contributed by atoms with van der Waals surface area (Å²) in [7, 11) is 0. The molecular weight excluding hydrogens is 316 g/mol. The highest BCUT2D eigenvalue weighted by Gasteiger charge is 2.00. The van der Waals surface area contributed by atoms with Crippen molar-refractivity contribution in [1.29, 1.82) is 0 Å². The van der Waals surface area contributed by atoms with E-state index in [9.17, 15) is 0 Å². The Morgan fingerprint density at radius 3 is 1.08 bits per heavy atom. The fraction of sp³-hybridized carbons (Fsp3) is 0.667. The summed E-state index contributed by atoms with van der Waals surface area (Å²) in [6.07, 6.45) is 34.5. The van der Waals surface area contributed by atoms with Crippen LogP contribution in [0.1, 0.15) is 77.0 Å². The van der Waals surface area contributed by atoms with Gasteiger partial charge in [-0.2, -0.15) is 0 Å². The molecule has 0 radical (unpaired) electrons. The average Bonchev–Trinajstić information content (AvgIpc) is 2.70. The van der Waals surface area contributed by atoms with E-state index in [-0.39, 0.29) is 0 Å². The van der Waals surface area contributed by atoms with Gasteiger partial charge in [0.1, 0.15) is 0 Å². The van der Waals surface area contributed by atoms with Crippen molar-refractivity contribution >= 4 is 0 Å². The van der Waals surface area contributed by atoms with Gasteiger partial charge in [-0.25, -0.2) is 0 Å². The lowest BCUT2D eigenvalue weighted by Crippen LogP contribution is -2.19. The lowest BCUT2D eigenvalue weighted by atomic mass is 10.0. The first-order chi connectivity index (χ1) is 12.9. The van der Waals surface area contributed by atoms with Gasteiger partial charge in [0.25, 0.3) is 0 Å². The average molecular weight is 357 g/mol. The molecule has 0 aromatic rings. The van der Waals surface area contributed by atoms with Crippen LogP contribution in [0.15, 0.2) is 48.9 Å².